The lowest BCUT2D eigenvalue weighted by atomic mass is 9.92. The van der Waals surface area contributed by atoms with Gasteiger partial charge in [0.15, 0.2) is 0 Å². The highest BCUT2D eigenvalue weighted by Crippen LogP contribution is 2.25. The maximum atomic E-state index is 12.5. The van der Waals surface area contributed by atoms with Crippen molar-refractivity contribution >= 4 is 11.6 Å². The van der Waals surface area contributed by atoms with Gasteiger partial charge in [0, 0.05) is 18.2 Å². The Hall–Kier alpha value is -1.55. The molecule has 3 N–H and O–H groups in total. The Morgan fingerprint density at radius 2 is 2.16 bits per heavy atom. The number of rotatable bonds is 2. The molecule has 1 aromatic carbocycles. The first-order chi connectivity index (χ1) is 9.02. The number of carbonyl (C=O) groups excluding carboxylic acids is 1. The number of aryl methyl sites for hydroxylation is 1. The average molecular weight is 261 g/mol. The van der Waals surface area contributed by atoms with Crippen LogP contribution in [0.15, 0.2) is 18.2 Å². The molecule has 1 aromatic rings. The molecule has 1 fully saturated rings. The molecule has 1 aliphatic heterocycles. The van der Waals surface area contributed by atoms with Crippen molar-refractivity contribution in [3.63, 3.8) is 0 Å². The number of hydrogen-bond donors (Lipinski definition) is 2. The van der Waals surface area contributed by atoms with E-state index >= 15 is 0 Å². The highest BCUT2D eigenvalue weighted by atomic mass is 16.2. The quantitative estimate of drug-likeness (QED) is 0.635. The van der Waals surface area contributed by atoms with Gasteiger partial charge in [-0.3, -0.25) is 10.6 Å². The molecule has 2 rings (SSSR count). The van der Waals surface area contributed by atoms with Crippen LogP contribution in [0.2, 0.25) is 0 Å². The lowest BCUT2D eigenvalue weighted by Crippen LogP contribution is -2.44. The first kappa shape index (κ1) is 13.9. The van der Waals surface area contributed by atoms with Crippen LogP contribution in [0.1, 0.15) is 42.6 Å². The third kappa shape index (κ3) is 2.89. The van der Waals surface area contributed by atoms with Crippen molar-refractivity contribution in [3.8, 4) is 0 Å². The predicted molar refractivity (Wildman–Crippen MR) is 77.9 cm³/mol. The molecule has 0 radical (unpaired) electrons. The fraction of sp³-hybridized carbons (Fsp3) is 0.533. The van der Waals surface area contributed by atoms with Gasteiger partial charge in [0.2, 0.25) is 0 Å². The van der Waals surface area contributed by atoms with E-state index in [1.54, 1.807) is 0 Å². The second-order valence-electron chi connectivity index (χ2n) is 5.65. The Morgan fingerprint density at radius 1 is 1.42 bits per heavy atom. The number of nitrogen functional groups attached to an aromatic ring is 1. The molecular weight excluding hydrogens is 238 g/mol. The van der Waals surface area contributed by atoms with Gasteiger partial charge < -0.3 is 10.3 Å². The van der Waals surface area contributed by atoms with E-state index in [9.17, 15) is 4.79 Å². The Kier molecular flexibility index (Phi) is 4.10. The number of nitrogens with two attached hydrogens (primary N) is 1. The minimum Gasteiger partial charge on any atom is -0.336 e. The highest BCUT2D eigenvalue weighted by Gasteiger charge is 2.27. The fourth-order valence-corrected chi connectivity index (χ4v) is 2.83. The third-order valence-electron chi connectivity index (χ3n) is 4.03. The Bertz CT molecular complexity index is 472. The molecule has 2 unspecified atom stereocenters. The fourth-order valence-electron chi connectivity index (χ4n) is 2.83. The number of benzene rings is 1. The largest absolute Gasteiger partial charge is 0.336 e. The van der Waals surface area contributed by atoms with Gasteiger partial charge in [-0.25, -0.2) is 0 Å². The van der Waals surface area contributed by atoms with E-state index in [4.69, 9.17) is 5.84 Å². The van der Waals surface area contributed by atoms with Crippen LogP contribution < -0.4 is 11.3 Å². The summed E-state index contributed by atoms with van der Waals surface area (Å²) in [6, 6.07) is 5.93. The molecule has 2 atom stereocenters. The summed E-state index contributed by atoms with van der Waals surface area (Å²) < 4.78 is 0. The van der Waals surface area contributed by atoms with Crippen LogP contribution in [-0.2, 0) is 0 Å². The summed E-state index contributed by atoms with van der Waals surface area (Å²) in [5.41, 5.74) is 5.23. The molecule has 0 spiro atoms. The van der Waals surface area contributed by atoms with E-state index in [0.717, 1.165) is 36.2 Å². The van der Waals surface area contributed by atoms with Gasteiger partial charge in [-0.1, -0.05) is 6.92 Å². The molecule has 1 amide bonds. The van der Waals surface area contributed by atoms with Gasteiger partial charge in [0.25, 0.3) is 5.91 Å². The average Bonchev–Trinajstić information content (AvgIpc) is 2.38. The first-order valence-corrected chi connectivity index (χ1v) is 6.91. The summed E-state index contributed by atoms with van der Waals surface area (Å²) in [5.74, 6) is 6.25. The monoisotopic (exact) mass is 261 g/mol. The number of likely N-dealkylation sites (tertiary alicyclic amines) is 1. The topological polar surface area (TPSA) is 58.4 Å². The van der Waals surface area contributed by atoms with E-state index in [0.29, 0.717) is 12.0 Å². The maximum absolute atomic E-state index is 12.5. The predicted octanol–water partition coefficient (Wildman–Crippen LogP) is 2.54. The molecule has 1 aliphatic rings. The van der Waals surface area contributed by atoms with E-state index in [-0.39, 0.29) is 5.91 Å². The third-order valence-corrected chi connectivity index (χ3v) is 4.03. The number of carbonyl (C=O) groups is 1. The van der Waals surface area contributed by atoms with Crippen LogP contribution in [0.5, 0.6) is 0 Å². The molecule has 0 bridgehead atoms. The van der Waals surface area contributed by atoms with E-state index in [1.807, 2.05) is 30.0 Å². The van der Waals surface area contributed by atoms with Gasteiger partial charge in [-0.2, -0.15) is 0 Å². The van der Waals surface area contributed by atoms with Gasteiger partial charge >= 0.3 is 0 Å². The number of nitrogens with zero attached hydrogens (tertiary/aromatic N) is 1. The van der Waals surface area contributed by atoms with Crippen LogP contribution in [-0.4, -0.2) is 23.4 Å². The van der Waals surface area contributed by atoms with Gasteiger partial charge in [-0.05, 0) is 56.4 Å². The minimum atomic E-state index is 0.131. The summed E-state index contributed by atoms with van der Waals surface area (Å²) in [4.78, 5) is 14.5. The number of hydrazine groups is 1. The second kappa shape index (κ2) is 5.61. The molecule has 1 saturated heterocycles. The molecule has 0 aliphatic carbocycles. The maximum Gasteiger partial charge on any atom is 0.254 e. The molecule has 1 heterocycles. The smallest absolute Gasteiger partial charge is 0.254 e. The first-order valence-electron chi connectivity index (χ1n) is 6.91. The van der Waals surface area contributed by atoms with E-state index < -0.39 is 0 Å². The van der Waals surface area contributed by atoms with Crippen LogP contribution in [0, 0.1) is 12.8 Å². The molecule has 4 heteroatoms. The normalized spacial score (nSPS) is 23.3. The zero-order valence-electron chi connectivity index (χ0n) is 11.9. The standard InChI is InChI=1S/C15H23N3O/c1-10-6-7-18(12(3)8-10)15(19)13-4-5-14(17-16)11(2)9-13/h4-5,9-10,12,17H,6-8,16H2,1-3H3. The van der Waals surface area contributed by atoms with Crippen LogP contribution in [0.25, 0.3) is 0 Å². The molecule has 0 aromatic heterocycles. The molecule has 104 valence electrons. The summed E-state index contributed by atoms with van der Waals surface area (Å²) >= 11 is 0. The van der Waals surface area contributed by atoms with Gasteiger partial charge in [0.05, 0.1) is 5.69 Å². The van der Waals surface area contributed by atoms with Crippen molar-refractivity contribution in [2.75, 3.05) is 12.0 Å². The summed E-state index contributed by atoms with van der Waals surface area (Å²) in [6.07, 6.45) is 2.19. The second-order valence-corrected chi connectivity index (χ2v) is 5.65. The molecular formula is C15H23N3O. The SMILES string of the molecule is Cc1cc(C(=O)N2CCC(C)CC2C)ccc1NN. The van der Waals surface area contributed by atoms with Crippen molar-refractivity contribution in [1.82, 2.24) is 4.90 Å². The van der Waals surface area contributed by atoms with Crippen molar-refractivity contribution in [2.45, 2.75) is 39.7 Å². The molecule has 0 saturated carbocycles. The van der Waals surface area contributed by atoms with Crippen LogP contribution in [0.4, 0.5) is 5.69 Å². The summed E-state index contributed by atoms with van der Waals surface area (Å²) in [6.45, 7) is 7.20. The lowest BCUT2D eigenvalue weighted by molar-refractivity contribution is 0.0588. The zero-order valence-corrected chi connectivity index (χ0v) is 11.9. The van der Waals surface area contributed by atoms with Gasteiger partial charge in [-0.15, -0.1) is 0 Å². The Morgan fingerprint density at radius 3 is 2.74 bits per heavy atom. The minimum absolute atomic E-state index is 0.131. The van der Waals surface area contributed by atoms with Crippen molar-refractivity contribution < 1.29 is 4.79 Å². The van der Waals surface area contributed by atoms with Gasteiger partial charge in [0.1, 0.15) is 0 Å². The lowest BCUT2D eigenvalue weighted by Gasteiger charge is -2.36. The number of nitrogens with one attached hydrogen (secondary N) is 1. The van der Waals surface area contributed by atoms with E-state index in [2.05, 4.69) is 19.3 Å². The Balaban J connectivity index is 2.17. The summed E-state index contributed by atoms with van der Waals surface area (Å²) in [7, 11) is 0. The van der Waals surface area contributed by atoms with E-state index in [1.165, 1.54) is 0 Å². The molecule has 4 nitrogen and oxygen atoms in total. The highest BCUT2D eigenvalue weighted by molar-refractivity contribution is 5.95. The number of anilines is 1. The number of amides is 1. The zero-order chi connectivity index (χ0) is 14.0. The van der Waals surface area contributed by atoms with Crippen molar-refractivity contribution in [3.05, 3.63) is 29.3 Å². The Labute approximate surface area is 114 Å². The number of piperidine rings is 1. The van der Waals surface area contributed by atoms with Crippen molar-refractivity contribution in [2.24, 2.45) is 11.8 Å². The van der Waals surface area contributed by atoms with Crippen LogP contribution in [0.3, 0.4) is 0 Å². The van der Waals surface area contributed by atoms with Crippen molar-refractivity contribution in [1.29, 1.82) is 0 Å². The summed E-state index contributed by atoms with van der Waals surface area (Å²) in [5, 5.41) is 0. The molecule has 19 heavy (non-hydrogen) atoms. The number of hydrogen-bond acceptors (Lipinski definition) is 3. The van der Waals surface area contributed by atoms with Crippen LogP contribution >= 0.6 is 0 Å².